The molecule has 98 valence electrons. The maximum atomic E-state index is 11.8. The van der Waals surface area contributed by atoms with Gasteiger partial charge in [-0.25, -0.2) is 0 Å². The minimum Gasteiger partial charge on any atom is -0.424 e. The van der Waals surface area contributed by atoms with Gasteiger partial charge in [-0.1, -0.05) is 0 Å². The van der Waals surface area contributed by atoms with Crippen molar-refractivity contribution in [1.82, 2.24) is 20.8 Å². The summed E-state index contributed by atoms with van der Waals surface area (Å²) in [6.45, 7) is 1.86. The number of aryl methyl sites for hydroxylation is 1. The molecule has 1 aromatic rings. The summed E-state index contributed by atoms with van der Waals surface area (Å²) < 4.78 is 5.14. The van der Waals surface area contributed by atoms with Gasteiger partial charge in [-0.2, -0.15) is 11.8 Å². The standard InChI is InChI=1S/C10H14N4O3S/c1-6-13-14-9(17-6)4-11-10(16)7-5-18-3-2-8(15)12-7/h7H,2-5H2,1H3,(H,11,16)(H,12,15)/t7-/m0/s1. The average molecular weight is 270 g/mol. The SMILES string of the molecule is Cc1nnc(CNC(=O)[C@@H]2CSCCC(=O)N2)o1. The Kier molecular flexibility index (Phi) is 4.19. The first-order chi connectivity index (χ1) is 8.65. The molecule has 0 unspecified atom stereocenters. The average Bonchev–Trinajstić information content (AvgIpc) is 2.63. The maximum absolute atomic E-state index is 11.8. The van der Waals surface area contributed by atoms with Crippen molar-refractivity contribution < 1.29 is 14.0 Å². The number of thioether (sulfide) groups is 1. The number of nitrogens with one attached hydrogen (secondary N) is 2. The number of aromatic nitrogens is 2. The first kappa shape index (κ1) is 12.9. The molecule has 0 saturated carbocycles. The van der Waals surface area contributed by atoms with Crippen LogP contribution in [0.3, 0.4) is 0 Å². The number of hydrogen-bond donors (Lipinski definition) is 2. The first-order valence-electron chi connectivity index (χ1n) is 5.59. The fourth-order valence-electron chi connectivity index (χ4n) is 1.51. The monoisotopic (exact) mass is 270 g/mol. The molecule has 0 aromatic carbocycles. The van der Waals surface area contributed by atoms with E-state index < -0.39 is 6.04 Å². The van der Waals surface area contributed by atoms with Gasteiger partial charge in [-0.3, -0.25) is 9.59 Å². The maximum Gasteiger partial charge on any atom is 0.243 e. The molecule has 1 aliphatic heterocycles. The number of nitrogens with zero attached hydrogens (tertiary/aromatic N) is 2. The lowest BCUT2D eigenvalue weighted by molar-refractivity contribution is -0.128. The molecule has 1 fully saturated rings. The van der Waals surface area contributed by atoms with E-state index >= 15 is 0 Å². The van der Waals surface area contributed by atoms with Crippen molar-refractivity contribution in [3.63, 3.8) is 0 Å². The van der Waals surface area contributed by atoms with Crippen LogP contribution in [0.4, 0.5) is 0 Å². The molecule has 0 spiro atoms. The van der Waals surface area contributed by atoms with Gasteiger partial charge in [0.05, 0.1) is 6.54 Å². The summed E-state index contributed by atoms with van der Waals surface area (Å²) in [5, 5.41) is 12.8. The Labute approximate surface area is 108 Å². The Morgan fingerprint density at radius 2 is 2.44 bits per heavy atom. The third kappa shape index (κ3) is 3.46. The van der Waals surface area contributed by atoms with Crippen molar-refractivity contribution in [3.05, 3.63) is 11.8 Å². The van der Waals surface area contributed by atoms with Gasteiger partial charge in [-0.15, -0.1) is 10.2 Å². The van der Waals surface area contributed by atoms with E-state index in [-0.39, 0.29) is 18.4 Å². The van der Waals surface area contributed by atoms with Crippen molar-refractivity contribution in [2.24, 2.45) is 0 Å². The van der Waals surface area contributed by atoms with Crippen LogP contribution in [0.25, 0.3) is 0 Å². The fourth-order valence-corrected chi connectivity index (χ4v) is 2.48. The first-order valence-corrected chi connectivity index (χ1v) is 6.74. The number of carbonyl (C=O) groups is 2. The lowest BCUT2D eigenvalue weighted by Crippen LogP contribution is -2.47. The summed E-state index contributed by atoms with van der Waals surface area (Å²) >= 11 is 1.59. The normalized spacial score (nSPS) is 20.1. The van der Waals surface area contributed by atoms with Crippen molar-refractivity contribution in [2.45, 2.75) is 25.9 Å². The highest BCUT2D eigenvalue weighted by atomic mass is 32.2. The van der Waals surface area contributed by atoms with E-state index in [1.54, 1.807) is 18.7 Å². The minimum absolute atomic E-state index is 0.0891. The Hall–Kier alpha value is -1.57. The van der Waals surface area contributed by atoms with Crippen LogP contribution in [0.2, 0.25) is 0 Å². The molecule has 1 saturated heterocycles. The van der Waals surface area contributed by atoms with Gasteiger partial charge in [0.2, 0.25) is 23.6 Å². The van der Waals surface area contributed by atoms with Gasteiger partial charge in [-0.05, 0) is 0 Å². The highest BCUT2D eigenvalue weighted by Crippen LogP contribution is 2.10. The minimum atomic E-state index is -0.492. The second kappa shape index (κ2) is 5.85. The zero-order valence-corrected chi connectivity index (χ0v) is 10.7. The summed E-state index contributed by atoms with van der Waals surface area (Å²) in [5.74, 6) is 1.83. The number of hydrogen-bond acceptors (Lipinski definition) is 6. The highest BCUT2D eigenvalue weighted by Gasteiger charge is 2.23. The second-order valence-electron chi connectivity index (χ2n) is 3.88. The van der Waals surface area contributed by atoms with E-state index in [1.165, 1.54) is 0 Å². The van der Waals surface area contributed by atoms with Crippen molar-refractivity contribution in [3.8, 4) is 0 Å². The number of amides is 2. The molecule has 8 heteroatoms. The van der Waals surface area contributed by atoms with Crippen LogP contribution in [-0.4, -0.2) is 39.6 Å². The summed E-state index contributed by atoms with van der Waals surface area (Å²) in [5.41, 5.74) is 0. The third-order valence-electron chi connectivity index (χ3n) is 2.39. The lowest BCUT2D eigenvalue weighted by Gasteiger charge is -2.14. The third-order valence-corrected chi connectivity index (χ3v) is 3.45. The molecule has 1 aliphatic rings. The highest BCUT2D eigenvalue weighted by molar-refractivity contribution is 7.99. The molecular weight excluding hydrogens is 256 g/mol. The van der Waals surface area contributed by atoms with Crippen LogP contribution in [0.5, 0.6) is 0 Å². The Morgan fingerprint density at radius 3 is 3.17 bits per heavy atom. The van der Waals surface area contributed by atoms with Gasteiger partial charge in [0, 0.05) is 24.9 Å². The molecule has 2 rings (SSSR count). The number of rotatable bonds is 3. The van der Waals surface area contributed by atoms with E-state index in [9.17, 15) is 9.59 Å². The van der Waals surface area contributed by atoms with Gasteiger partial charge < -0.3 is 15.1 Å². The topological polar surface area (TPSA) is 97.1 Å². The van der Waals surface area contributed by atoms with Crippen LogP contribution < -0.4 is 10.6 Å². The van der Waals surface area contributed by atoms with Gasteiger partial charge in [0.25, 0.3) is 0 Å². The Bertz CT molecular complexity index is 448. The lowest BCUT2D eigenvalue weighted by atomic mass is 10.3. The zero-order chi connectivity index (χ0) is 13.0. The summed E-state index contributed by atoms with van der Waals surface area (Å²) in [7, 11) is 0. The molecule has 0 bridgehead atoms. The summed E-state index contributed by atoms with van der Waals surface area (Å²) in [4.78, 5) is 23.2. The van der Waals surface area contributed by atoms with Crippen LogP contribution in [-0.2, 0) is 16.1 Å². The molecule has 0 radical (unpaired) electrons. The zero-order valence-electron chi connectivity index (χ0n) is 9.93. The van der Waals surface area contributed by atoms with Crippen molar-refractivity contribution in [2.75, 3.05) is 11.5 Å². The van der Waals surface area contributed by atoms with E-state index in [0.29, 0.717) is 24.0 Å². The van der Waals surface area contributed by atoms with Gasteiger partial charge >= 0.3 is 0 Å². The molecular formula is C10H14N4O3S. The van der Waals surface area contributed by atoms with E-state index in [4.69, 9.17) is 4.42 Å². The Morgan fingerprint density at radius 1 is 1.61 bits per heavy atom. The quantitative estimate of drug-likeness (QED) is 0.777. The molecule has 0 aliphatic carbocycles. The molecule has 1 aromatic heterocycles. The van der Waals surface area contributed by atoms with E-state index in [2.05, 4.69) is 20.8 Å². The molecule has 18 heavy (non-hydrogen) atoms. The summed E-state index contributed by atoms with van der Waals surface area (Å²) in [6, 6.07) is -0.492. The second-order valence-corrected chi connectivity index (χ2v) is 5.03. The van der Waals surface area contributed by atoms with Crippen LogP contribution in [0.15, 0.2) is 4.42 Å². The van der Waals surface area contributed by atoms with Crippen LogP contribution >= 0.6 is 11.8 Å². The largest absolute Gasteiger partial charge is 0.424 e. The molecule has 7 nitrogen and oxygen atoms in total. The summed E-state index contributed by atoms with van der Waals surface area (Å²) in [6.07, 6.45) is 0.456. The van der Waals surface area contributed by atoms with Crippen LogP contribution in [0, 0.1) is 6.92 Å². The molecule has 1 atom stereocenters. The van der Waals surface area contributed by atoms with Gasteiger partial charge in [0.15, 0.2) is 0 Å². The van der Waals surface area contributed by atoms with Gasteiger partial charge in [0.1, 0.15) is 6.04 Å². The predicted molar refractivity (Wildman–Crippen MR) is 64.8 cm³/mol. The van der Waals surface area contributed by atoms with Crippen molar-refractivity contribution in [1.29, 1.82) is 0 Å². The molecule has 2 heterocycles. The fraction of sp³-hybridized carbons (Fsp3) is 0.600. The Balaban J connectivity index is 1.85. The van der Waals surface area contributed by atoms with Crippen LogP contribution in [0.1, 0.15) is 18.2 Å². The molecule has 2 amide bonds. The van der Waals surface area contributed by atoms with Crippen molar-refractivity contribution >= 4 is 23.6 Å². The van der Waals surface area contributed by atoms with E-state index in [1.807, 2.05) is 0 Å². The molecule has 2 N–H and O–H groups in total. The van der Waals surface area contributed by atoms with E-state index in [0.717, 1.165) is 5.75 Å². The predicted octanol–water partition coefficient (Wildman–Crippen LogP) is -0.384. The number of carbonyl (C=O) groups excluding carboxylic acids is 2. The smallest absolute Gasteiger partial charge is 0.243 e.